The number of tetrazole rings is 1. The smallest absolute Gasteiger partial charge is 0.295 e. The molecule has 0 radical (unpaired) electrons. The van der Waals surface area contributed by atoms with E-state index in [-0.39, 0.29) is 11.7 Å². The van der Waals surface area contributed by atoms with Gasteiger partial charge in [0.2, 0.25) is 0 Å². The van der Waals surface area contributed by atoms with Crippen molar-refractivity contribution < 1.29 is 0 Å². The first-order valence-electron chi connectivity index (χ1n) is 13.6. The van der Waals surface area contributed by atoms with Gasteiger partial charge in [-0.2, -0.15) is 0 Å². The Labute approximate surface area is 218 Å². The van der Waals surface area contributed by atoms with E-state index >= 15 is 0 Å². The Balaban J connectivity index is 1.45. The lowest BCUT2D eigenvalue weighted by Crippen LogP contribution is -2.33. The summed E-state index contributed by atoms with van der Waals surface area (Å²) in [6.45, 7) is 9.55. The van der Waals surface area contributed by atoms with Gasteiger partial charge in [-0.1, -0.05) is 64.4 Å². The standard InChI is InChI=1S/C29H37N7O/c1-5-6-9-23-18-36(27-20(4)12-15-24(27)19(2)3)29(37)35(23)17-22-14-13-21(16-30-22)25-10-7-8-11-26(25)28-31-33-34-32-28/h7-8,10-11,13-14,16,18-20,24,27H,5-6,9,12,15,17H2,1-4H3,(H,31,32,33,34). The van der Waals surface area contributed by atoms with Crippen molar-refractivity contribution in [2.45, 2.75) is 72.4 Å². The van der Waals surface area contributed by atoms with Crippen LogP contribution in [0.5, 0.6) is 0 Å². The minimum absolute atomic E-state index is 0.101. The number of imidazole rings is 1. The van der Waals surface area contributed by atoms with Gasteiger partial charge in [0.25, 0.3) is 0 Å². The molecule has 1 saturated carbocycles. The normalized spacial score (nSPS) is 19.6. The maximum Gasteiger partial charge on any atom is 0.328 e. The van der Waals surface area contributed by atoms with Gasteiger partial charge in [0.15, 0.2) is 5.82 Å². The molecular formula is C29H37N7O. The zero-order valence-electron chi connectivity index (χ0n) is 22.3. The van der Waals surface area contributed by atoms with Crippen LogP contribution in [0.2, 0.25) is 0 Å². The summed E-state index contributed by atoms with van der Waals surface area (Å²) in [7, 11) is 0. The maximum atomic E-state index is 13.8. The summed E-state index contributed by atoms with van der Waals surface area (Å²) < 4.78 is 4.01. The molecule has 0 spiro atoms. The summed E-state index contributed by atoms with van der Waals surface area (Å²) in [6.07, 6.45) is 9.47. The number of hydrogen-bond donors (Lipinski definition) is 1. The van der Waals surface area contributed by atoms with Gasteiger partial charge >= 0.3 is 5.69 Å². The number of unbranched alkanes of at least 4 members (excludes halogenated alkanes) is 1. The second-order valence-corrected chi connectivity index (χ2v) is 10.8. The van der Waals surface area contributed by atoms with Crippen LogP contribution in [0.3, 0.4) is 0 Å². The van der Waals surface area contributed by atoms with Crippen molar-refractivity contribution >= 4 is 0 Å². The molecule has 0 aliphatic heterocycles. The zero-order chi connectivity index (χ0) is 25.9. The van der Waals surface area contributed by atoms with Crippen molar-refractivity contribution in [3.05, 3.63) is 70.7 Å². The Morgan fingerprint density at radius 1 is 1.11 bits per heavy atom. The highest BCUT2D eigenvalue weighted by molar-refractivity contribution is 5.79. The molecule has 194 valence electrons. The van der Waals surface area contributed by atoms with E-state index in [1.807, 2.05) is 41.1 Å². The van der Waals surface area contributed by atoms with Crippen LogP contribution in [0, 0.1) is 17.8 Å². The van der Waals surface area contributed by atoms with Crippen molar-refractivity contribution in [3.63, 3.8) is 0 Å². The van der Waals surface area contributed by atoms with Crippen LogP contribution in [0.4, 0.5) is 0 Å². The van der Waals surface area contributed by atoms with Gasteiger partial charge in [-0.25, -0.2) is 9.89 Å². The Bertz CT molecular complexity index is 1370. The summed E-state index contributed by atoms with van der Waals surface area (Å²) in [5, 5.41) is 14.3. The third-order valence-electron chi connectivity index (χ3n) is 8.01. The monoisotopic (exact) mass is 499 g/mol. The Morgan fingerprint density at radius 3 is 2.59 bits per heavy atom. The first-order chi connectivity index (χ1) is 18.0. The van der Waals surface area contributed by atoms with Crippen LogP contribution >= 0.6 is 0 Å². The van der Waals surface area contributed by atoms with Gasteiger partial charge in [0, 0.05) is 35.3 Å². The minimum atomic E-state index is 0.101. The molecular weight excluding hydrogens is 462 g/mol. The first-order valence-corrected chi connectivity index (χ1v) is 13.6. The van der Waals surface area contributed by atoms with Gasteiger partial charge in [-0.3, -0.25) is 14.1 Å². The second kappa shape index (κ2) is 10.8. The molecule has 1 aliphatic carbocycles. The highest BCUT2D eigenvalue weighted by Crippen LogP contribution is 2.43. The SMILES string of the molecule is CCCCc1cn(C2C(C)CCC2C(C)C)c(=O)n1Cc1ccc(-c2ccccc2-c2nnn[nH]2)cn1. The average molecular weight is 500 g/mol. The summed E-state index contributed by atoms with van der Waals surface area (Å²) in [4.78, 5) is 18.6. The van der Waals surface area contributed by atoms with Gasteiger partial charge in [0.1, 0.15) is 0 Å². The van der Waals surface area contributed by atoms with E-state index in [1.165, 1.54) is 12.8 Å². The molecule has 3 unspecified atom stereocenters. The summed E-state index contributed by atoms with van der Waals surface area (Å²) >= 11 is 0. The van der Waals surface area contributed by atoms with E-state index in [2.05, 4.69) is 65.1 Å². The number of H-pyrrole nitrogens is 1. The lowest BCUT2D eigenvalue weighted by atomic mass is 9.89. The number of aromatic nitrogens is 7. The molecule has 4 aromatic rings. The lowest BCUT2D eigenvalue weighted by Gasteiger charge is -2.26. The van der Waals surface area contributed by atoms with Crippen LogP contribution in [0.15, 0.2) is 53.6 Å². The van der Waals surface area contributed by atoms with E-state index in [9.17, 15) is 4.79 Å². The number of nitrogens with one attached hydrogen (secondary N) is 1. The van der Waals surface area contributed by atoms with Crippen LogP contribution in [0.1, 0.15) is 70.8 Å². The summed E-state index contributed by atoms with van der Waals surface area (Å²) in [6, 6.07) is 12.3. The number of aryl methyl sites for hydroxylation is 1. The van der Waals surface area contributed by atoms with E-state index in [1.54, 1.807) is 0 Å². The van der Waals surface area contributed by atoms with Crippen molar-refractivity contribution in [1.82, 2.24) is 34.7 Å². The molecule has 5 rings (SSSR count). The molecule has 1 N–H and O–H groups in total. The molecule has 8 nitrogen and oxygen atoms in total. The van der Waals surface area contributed by atoms with E-state index in [4.69, 9.17) is 4.98 Å². The Hall–Kier alpha value is -3.55. The first kappa shape index (κ1) is 25.1. The van der Waals surface area contributed by atoms with E-state index < -0.39 is 0 Å². The fourth-order valence-electron chi connectivity index (χ4n) is 5.97. The van der Waals surface area contributed by atoms with Crippen molar-refractivity contribution in [2.75, 3.05) is 0 Å². The maximum absolute atomic E-state index is 13.8. The van der Waals surface area contributed by atoms with Crippen LogP contribution in [0.25, 0.3) is 22.5 Å². The van der Waals surface area contributed by atoms with Crippen LogP contribution in [-0.2, 0) is 13.0 Å². The molecule has 0 saturated heterocycles. The van der Waals surface area contributed by atoms with Crippen molar-refractivity contribution in [3.8, 4) is 22.5 Å². The highest BCUT2D eigenvalue weighted by atomic mass is 16.1. The average Bonchev–Trinajstić information content (AvgIpc) is 3.64. The van der Waals surface area contributed by atoms with Crippen molar-refractivity contribution in [2.24, 2.45) is 17.8 Å². The van der Waals surface area contributed by atoms with Gasteiger partial charge < -0.3 is 0 Å². The van der Waals surface area contributed by atoms with Crippen LogP contribution in [-0.4, -0.2) is 34.7 Å². The molecule has 1 aliphatic rings. The number of benzene rings is 1. The molecule has 37 heavy (non-hydrogen) atoms. The largest absolute Gasteiger partial charge is 0.328 e. The number of aromatic amines is 1. The highest BCUT2D eigenvalue weighted by Gasteiger charge is 2.37. The molecule has 3 aromatic heterocycles. The molecule has 3 heterocycles. The molecule has 1 aromatic carbocycles. The predicted molar refractivity (Wildman–Crippen MR) is 145 cm³/mol. The molecule has 0 bridgehead atoms. The van der Waals surface area contributed by atoms with E-state index in [0.29, 0.717) is 30.1 Å². The molecule has 0 amide bonds. The Kier molecular flexibility index (Phi) is 7.35. The summed E-state index contributed by atoms with van der Waals surface area (Å²) in [5.41, 5.74) is 4.99. The number of rotatable bonds is 9. The van der Waals surface area contributed by atoms with E-state index in [0.717, 1.165) is 47.3 Å². The quantitative estimate of drug-likeness (QED) is 0.327. The number of hydrogen-bond acceptors (Lipinski definition) is 5. The van der Waals surface area contributed by atoms with Crippen LogP contribution < -0.4 is 5.69 Å². The topological polar surface area (TPSA) is 94.3 Å². The Morgan fingerprint density at radius 2 is 1.92 bits per heavy atom. The molecule has 8 heteroatoms. The van der Waals surface area contributed by atoms with Gasteiger partial charge in [0.05, 0.1) is 12.2 Å². The van der Waals surface area contributed by atoms with Crippen molar-refractivity contribution in [1.29, 1.82) is 0 Å². The molecule has 3 atom stereocenters. The van der Waals surface area contributed by atoms with Gasteiger partial charge in [-0.15, -0.1) is 5.10 Å². The second-order valence-electron chi connectivity index (χ2n) is 10.8. The molecule has 1 fully saturated rings. The number of nitrogens with zero attached hydrogens (tertiary/aromatic N) is 6. The fourth-order valence-corrected chi connectivity index (χ4v) is 5.97. The third kappa shape index (κ3) is 5.02. The summed E-state index contributed by atoms with van der Waals surface area (Å²) in [5.74, 6) is 2.24. The third-order valence-corrected chi connectivity index (χ3v) is 8.01. The fraction of sp³-hybridized carbons (Fsp3) is 0.483. The zero-order valence-corrected chi connectivity index (χ0v) is 22.3. The number of pyridine rings is 1. The van der Waals surface area contributed by atoms with Gasteiger partial charge in [-0.05, 0) is 65.5 Å². The predicted octanol–water partition coefficient (Wildman–Crippen LogP) is 5.53. The minimum Gasteiger partial charge on any atom is -0.295 e. The lowest BCUT2D eigenvalue weighted by molar-refractivity contribution is 0.255.